The number of ketones is 1. The summed E-state index contributed by atoms with van der Waals surface area (Å²) in [7, 11) is 0. The van der Waals surface area contributed by atoms with E-state index in [4.69, 9.17) is 10.5 Å². The number of nitrogens with zero attached hydrogens (tertiary/aromatic N) is 3. The summed E-state index contributed by atoms with van der Waals surface area (Å²) in [4.78, 5) is 12.6. The molecule has 0 unspecified atom stereocenters. The topological polar surface area (TPSA) is 67.9 Å². The van der Waals surface area contributed by atoms with E-state index in [0.717, 1.165) is 0 Å². The zero-order valence-electron chi connectivity index (χ0n) is 9.27. The molecule has 0 heterocycles. The van der Waals surface area contributed by atoms with Gasteiger partial charge in [-0.25, -0.2) is 4.39 Å². The fourth-order valence-electron chi connectivity index (χ4n) is 1.51. The molecule has 1 aromatic carbocycles. The van der Waals surface area contributed by atoms with Gasteiger partial charge in [0.25, 0.3) is 0 Å². The Balaban J connectivity index is 3.31. The Bertz CT molecular complexity index is 497. The van der Waals surface area contributed by atoms with Crippen LogP contribution in [0.1, 0.15) is 17.3 Å². The quantitative estimate of drug-likeness (QED) is 0.586. The van der Waals surface area contributed by atoms with Gasteiger partial charge in [-0.1, -0.05) is 6.07 Å². The zero-order chi connectivity index (χ0) is 12.8. The Hall–Kier alpha value is -2.40. The molecule has 0 bridgehead atoms. The van der Waals surface area contributed by atoms with Crippen LogP contribution in [0.15, 0.2) is 18.2 Å². The summed E-state index contributed by atoms with van der Waals surface area (Å²) < 4.78 is 13.7. The highest BCUT2D eigenvalue weighted by Gasteiger charge is 2.18. The van der Waals surface area contributed by atoms with E-state index in [9.17, 15) is 9.18 Å². The van der Waals surface area contributed by atoms with Crippen molar-refractivity contribution in [1.29, 1.82) is 10.5 Å². The molecular formula is C12H10FN3O. The van der Waals surface area contributed by atoms with Crippen molar-refractivity contribution in [3.8, 4) is 12.1 Å². The fourth-order valence-corrected chi connectivity index (χ4v) is 1.51. The maximum atomic E-state index is 13.7. The van der Waals surface area contributed by atoms with Crippen molar-refractivity contribution in [3.05, 3.63) is 29.6 Å². The number of nitriles is 2. The molecule has 0 fully saturated rings. The van der Waals surface area contributed by atoms with E-state index in [1.165, 1.54) is 30.0 Å². The highest BCUT2D eigenvalue weighted by molar-refractivity contribution is 5.99. The normalized spacial score (nSPS) is 9.18. The van der Waals surface area contributed by atoms with Gasteiger partial charge in [-0.15, -0.1) is 0 Å². The molecule has 0 aliphatic rings. The van der Waals surface area contributed by atoms with Gasteiger partial charge in [-0.3, -0.25) is 4.79 Å². The van der Waals surface area contributed by atoms with Gasteiger partial charge in [-0.2, -0.15) is 10.5 Å². The molecule has 0 spiro atoms. The van der Waals surface area contributed by atoms with Gasteiger partial charge in [0.2, 0.25) is 0 Å². The Morgan fingerprint density at radius 3 is 2.41 bits per heavy atom. The van der Waals surface area contributed by atoms with Crippen LogP contribution in [0.25, 0.3) is 0 Å². The minimum atomic E-state index is -0.608. The monoisotopic (exact) mass is 231 g/mol. The Morgan fingerprint density at radius 2 is 1.94 bits per heavy atom. The number of anilines is 1. The molecule has 0 radical (unpaired) electrons. The van der Waals surface area contributed by atoms with Crippen molar-refractivity contribution < 1.29 is 9.18 Å². The van der Waals surface area contributed by atoms with Crippen LogP contribution in [0.2, 0.25) is 0 Å². The summed E-state index contributed by atoms with van der Waals surface area (Å²) in [5.74, 6) is -0.913. The number of halogens is 1. The Morgan fingerprint density at radius 1 is 1.35 bits per heavy atom. The molecule has 1 aromatic rings. The number of carbonyl (C=O) groups is 1. The van der Waals surface area contributed by atoms with E-state index in [0.29, 0.717) is 0 Å². The molecule has 0 amide bonds. The molecule has 0 saturated carbocycles. The maximum Gasteiger partial charge on any atom is 0.161 e. The Kier molecular flexibility index (Phi) is 4.19. The van der Waals surface area contributed by atoms with Crippen molar-refractivity contribution >= 4 is 11.5 Å². The third kappa shape index (κ3) is 2.79. The number of Topliss-reactive ketones (excluding diaryl/α,β-unsaturated/α-hetero) is 1. The van der Waals surface area contributed by atoms with Crippen LogP contribution in [-0.2, 0) is 0 Å². The lowest BCUT2D eigenvalue weighted by molar-refractivity contribution is 0.101. The van der Waals surface area contributed by atoms with E-state index < -0.39 is 5.82 Å². The van der Waals surface area contributed by atoms with E-state index >= 15 is 0 Å². The van der Waals surface area contributed by atoms with Gasteiger partial charge < -0.3 is 4.90 Å². The predicted molar refractivity (Wildman–Crippen MR) is 59.8 cm³/mol. The number of para-hydroxylation sites is 1. The second kappa shape index (κ2) is 5.62. The smallest absolute Gasteiger partial charge is 0.161 e. The molecule has 5 heteroatoms. The third-order valence-corrected chi connectivity index (χ3v) is 2.21. The lowest BCUT2D eigenvalue weighted by Gasteiger charge is -2.21. The SMILES string of the molecule is CC(=O)c1cccc(F)c1N(CC#N)CC#N. The average molecular weight is 231 g/mol. The Labute approximate surface area is 98.5 Å². The first kappa shape index (κ1) is 12.7. The second-order valence-corrected chi connectivity index (χ2v) is 3.36. The van der Waals surface area contributed by atoms with Crippen LogP contribution in [0, 0.1) is 28.5 Å². The number of carbonyl (C=O) groups excluding carboxylic acids is 1. The molecule has 0 N–H and O–H groups in total. The molecular weight excluding hydrogens is 221 g/mol. The van der Waals surface area contributed by atoms with Crippen molar-refractivity contribution in [1.82, 2.24) is 0 Å². The highest BCUT2D eigenvalue weighted by Crippen LogP contribution is 2.24. The molecule has 0 aliphatic carbocycles. The first-order chi connectivity index (χ1) is 8.11. The van der Waals surface area contributed by atoms with Gasteiger partial charge in [-0.05, 0) is 19.1 Å². The summed E-state index contributed by atoms with van der Waals surface area (Å²) in [6, 6.07) is 7.78. The third-order valence-electron chi connectivity index (χ3n) is 2.21. The van der Waals surface area contributed by atoms with Crippen LogP contribution in [0.5, 0.6) is 0 Å². The largest absolute Gasteiger partial charge is 0.342 e. The van der Waals surface area contributed by atoms with E-state index in [1.54, 1.807) is 0 Å². The molecule has 1 rings (SSSR count). The molecule has 0 aromatic heterocycles. The van der Waals surface area contributed by atoms with E-state index in [1.807, 2.05) is 12.1 Å². The van der Waals surface area contributed by atoms with Crippen LogP contribution in [0.4, 0.5) is 10.1 Å². The van der Waals surface area contributed by atoms with Crippen molar-refractivity contribution in [2.75, 3.05) is 18.0 Å². The second-order valence-electron chi connectivity index (χ2n) is 3.36. The van der Waals surface area contributed by atoms with E-state index in [2.05, 4.69) is 0 Å². The van der Waals surface area contributed by atoms with Gasteiger partial charge in [0.15, 0.2) is 5.78 Å². The maximum absolute atomic E-state index is 13.7. The van der Waals surface area contributed by atoms with Gasteiger partial charge in [0, 0.05) is 5.56 Å². The predicted octanol–water partition coefficient (Wildman–Crippen LogP) is 1.88. The number of hydrogen-bond donors (Lipinski definition) is 0. The number of rotatable bonds is 4. The summed E-state index contributed by atoms with van der Waals surface area (Å²) in [5.41, 5.74) is 0.193. The summed E-state index contributed by atoms with van der Waals surface area (Å²) in [6.07, 6.45) is 0. The summed E-state index contributed by atoms with van der Waals surface area (Å²) in [5, 5.41) is 17.3. The van der Waals surface area contributed by atoms with Crippen LogP contribution >= 0.6 is 0 Å². The average Bonchev–Trinajstić information content (AvgIpc) is 2.28. The molecule has 0 atom stereocenters. The van der Waals surface area contributed by atoms with Gasteiger partial charge in [0.05, 0.1) is 17.8 Å². The van der Waals surface area contributed by atoms with Crippen LogP contribution in [0.3, 0.4) is 0 Å². The lowest BCUT2D eigenvalue weighted by atomic mass is 10.1. The fraction of sp³-hybridized carbons (Fsp3) is 0.250. The molecule has 0 saturated heterocycles. The molecule has 17 heavy (non-hydrogen) atoms. The molecule has 86 valence electrons. The van der Waals surface area contributed by atoms with Gasteiger partial charge in [0.1, 0.15) is 18.9 Å². The first-order valence-electron chi connectivity index (χ1n) is 4.90. The minimum Gasteiger partial charge on any atom is -0.342 e. The highest BCUT2D eigenvalue weighted by atomic mass is 19.1. The van der Waals surface area contributed by atoms with E-state index in [-0.39, 0.29) is 30.1 Å². The van der Waals surface area contributed by atoms with Crippen molar-refractivity contribution in [3.63, 3.8) is 0 Å². The summed E-state index contributed by atoms with van der Waals surface area (Å²) >= 11 is 0. The molecule has 0 aliphatic heterocycles. The van der Waals surface area contributed by atoms with Crippen LogP contribution < -0.4 is 4.90 Å². The van der Waals surface area contributed by atoms with Crippen molar-refractivity contribution in [2.45, 2.75) is 6.92 Å². The summed E-state index contributed by atoms with van der Waals surface area (Å²) in [6.45, 7) is 1.03. The van der Waals surface area contributed by atoms with Crippen LogP contribution in [-0.4, -0.2) is 18.9 Å². The zero-order valence-corrected chi connectivity index (χ0v) is 9.27. The van der Waals surface area contributed by atoms with Gasteiger partial charge >= 0.3 is 0 Å². The standard InChI is InChI=1S/C12H10FN3O/c1-9(17)10-3-2-4-11(13)12(10)16(7-5-14)8-6-15/h2-4H,7-8H2,1H3. The number of benzene rings is 1. The molecule has 4 nitrogen and oxygen atoms in total. The minimum absolute atomic E-state index is 0.0168. The van der Waals surface area contributed by atoms with Crippen molar-refractivity contribution in [2.24, 2.45) is 0 Å². The first-order valence-corrected chi connectivity index (χ1v) is 4.90. The number of hydrogen-bond acceptors (Lipinski definition) is 4. The lowest BCUT2D eigenvalue weighted by Crippen LogP contribution is -2.26.